The maximum absolute atomic E-state index is 3.28. The van der Waals surface area contributed by atoms with Crippen molar-refractivity contribution in [3.05, 3.63) is 0 Å². The molecule has 0 rings (SSSR count). The van der Waals surface area contributed by atoms with E-state index < -0.39 is 0 Å². The Morgan fingerprint density at radius 1 is 1.45 bits per heavy atom. The van der Waals surface area contributed by atoms with Gasteiger partial charge in [0.2, 0.25) is 0 Å². The quantitative estimate of drug-likeness (QED) is 0.246. The lowest BCUT2D eigenvalue weighted by molar-refractivity contribution is -0.461. The fourth-order valence-corrected chi connectivity index (χ4v) is 0.828. The Morgan fingerprint density at radius 2 is 2.09 bits per heavy atom. The summed E-state index contributed by atoms with van der Waals surface area (Å²) >= 11 is 0. The van der Waals surface area contributed by atoms with Gasteiger partial charge in [-0.2, -0.15) is 10.4 Å². The van der Waals surface area contributed by atoms with Crippen molar-refractivity contribution in [3.8, 4) is 0 Å². The molecule has 0 aromatic rings. The number of rotatable bonds is 4. The van der Waals surface area contributed by atoms with E-state index in [0.717, 1.165) is 12.4 Å². The summed E-state index contributed by atoms with van der Waals surface area (Å²) in [6.07, 6.45) is 2.47. The Hall–Kier alpha value is -0.570. The minimum absolute atomic E-state index is 1.06. The molecule has 3 heteroatoms. The zero-order chi connectivity index (χ0) is 8.69. The minimum atomic E-state index is 1.06. The Kier molecular flexibility index (Phi) is 5.84. The Balaban J connectivity index is 3.46. The van der Waals surface area contributed by atoms with E-state index >= 15 is 0 Å². The smallest absolute Gasteiger partial charge is 0.257 e. The summed E-state index contributed by atoms with van der Waals surface area (Å²) in [7, 11) is 3.95. The lowest BCUT2D eigenvalue weighted by atomic mass is 10.3. The highest BCUT2D eigenvalue weighted by Crippen LogP contribution is 1.76. The molecule has 3 nitrogen and oxygen atoms in total. The zero-order valence-electron chi connectivity index (χ0n) is 8.07. The van der Waals surface area contributed by atoms with Crippen molar-refractivity contribution in [2.45, 2.75) is 26.7 Å². The van der Waals surface area contributed by atoms with Gasteiger partial charge in [-0.1, -0.05) is 13.3 Å². The second-order valence-corrected chi connectivity index (χ2v) is 2.91. The van der Waals surface area contributed by atoms with E-state index in [1.807, 2.05) is 26.0 Å². The molecule has 0 aliphatic heterocycles. The molecule has 0 aliphatic carbocycles. The van der Waals surface area contributed by atoms with Gasteiger partial charge in [0.25, 0.3) is 5.84 Å². The lowest BCUT2D eigenvalue weighted by Gasteiger charge is -2.04. The summed E-state index contributed by atoms with van der Waals surface area (Å²) < 4.78 is 0. The van der Waals surface area contributed by atoms with Gasteiger partial charge in [-0.3, -0.25) is 4.99 Å². The molecule has 11 heavy (non-hydrogen) atoms. The predicted molar refractivity (Wildman–Crippen MR) is 48.2 cm³/mol. The first-order valence-corrected chi connectivity index (χ1v) is 4.18. The Bertz CT molecular complexity index is 119. The van der Waals surface area contributed by atoms with Crippen LogP contribution in [0.25, 0.3) is 0 Å². The number of unbranched alkanes of at least 4 members (excludes halogenated alkanes) is 1. The van der Waals surface area contributed by atoms with Gasteiger partial charge >= 0.3 is 0 Å². The number of hydrogen-bond acceptors (Lipinski definition) is 1. The van der Waals surface area contributed by atoms with Crippen molar-refractivity contribution in [3.63, 3.8) is 0 Å². The molecule has 0 fully saturated rings. The fourth-order valence-electron chi connectivity index (χ4n) is 0.828. The minimum Gasteiger partial charge on any atom is -0.277 e. The highest BCUT2D eigenvalue weighted by atomic mass is 15.5. The number of amidine groups is 1. The molecule has 0 saturated heterocycles. The zero-order valence-corrected chi connectivity index (χ0v) is 8.07. The molecule has 0 atom stereocenters. The van der Waals surface area contributed by atoms with Gasteiger partial charge < -0.3 is 0 Å². The summed E-state index contributed by atoms with van der Waals surface area (Å²) in [5.41, 5.74) is 3.14. The van der Waals surface area contributed by atoms with Gasteiger partial charge in [-0.25, -0.2) is 0 Å². The third-order valence-corrected chi connectivity index (χ3v) is 1.31. The van der Waals surface area contributed by atoms with Gasteiger partial charge in [-0.05, 0) is 6.42 Å². The van der Waals surface area contributed by atoms with Crippen LogP contribution in [0, 0.1) is 0 Å². The van der Waals surface area contributed by atoms with Crippen molar-refractivity contribution < 1.29 is 4.99 Å². The molecule has 0 unspecified atom stereocenters. The van der Waals surface area contributed by atoms with E-state index in [-0.39, 0.29) is 0 Å². The van der Waals surface area contributed by atoms with Crippen LogP contribution in [0.5, 0.6) is 0 Å². The Labute approximate surface area is 69.5 Å². The second kappa shape index (κ2) is 6.16. The SMILES string of the molecule is CCCC[NH+]=C(C)NN(C)C. The van der Waals surface area contributed by atoms with Crippen LogP contribution in [0.15, 0.2) is 0 Å². The van der Waals surface area contributed by atoms with Crippen molar-refractivity contribution in [1.29, 1.82) is 0 Å². The third-order valence-electron chi connectivity index (χ3n) is 1.31. The first kappa shape index (κ1) is 10.4. The molecule has 0 amide bonds. The van der Waals surface area contributed by atoms with Crippen molar-refractivity contribution in [2.24, 2.45) is 0 Å². The number of nitrogens with one attached hydrogen (secondary N) is 2. The highest BCUT2D eigenvalue weighted by molar-refractivity contribution is 5.72. The molecular weight excluding hydrogens is 138 g/mol. The average molecular weight is 158 g/mol. The molecule has 66 valence electrons. The van der Waals surface area contributed by atoms with Gasteiger partial charge in [0.05, 0.1) is 6.54 Å². The standard InChI is InChI=1S/C8H19N3/c1-5-6-7-9-8(2)10-11(3)4/h5-7H2,1-4H3,(H,9,10)/p+1. The largest absolute Gasteiger partial charge is 0.277 e. The summed E-state index contributed by atoms with van der Waals surface area (Å²) in [5.74, 6) is 1.11. The van der Waals surface area contributed by atoms with Crippen LogP contribution >= 0.6 is 0 Å². The van der Waals surface area contributed by atoms with Crippen LogP contribution in [0.3, 0.4) is 0 Å². The lowest BCUT2D eigenvalue weighted by Crippen LogP contribution is -2.76. The molecule has 0 bridgehead atoms. The second-order valence-electron chi connectivity index (χ2n) is 2.91. The molecule has 0 aliphatic rings. The van der Waals surface area contributed by atoms with E-state index in [2.05, 4.69) is 17.3 Å². The van der Waals surface area contributed by atoms with Crippen molar-refractivity contribution in [1.82, 2.24) is 10.4 Å². The van der Waals surface area contributed by atoms with Gasteiger partial charge in [0.15, 0.2) is 0 Å². The summed E-state index contributed by atoms with van der Waals surface area (Å²) in [4.78, 5) is 3.28. The van der Waals surface area contributed by atoms with Crippen LogP contribution < -0.4 is 10.4 Å². The number of hydrazine groups is 1. The molecule has 0 spiro atoms. The van der Waals surface area contributed by atoms with Crippen LogP contribution in [0.1, 0.15) is 26.7 Å². The predicted octanol–water partition coefficient (Wildman–Crippen LogP) is -0.648. The molecular formula is C8H20N3+. The molecule has 0 aromatic heterocycles. The summed E-state index contributed by atoms with van der Waals surface area (Å²) in [6.45, 7) is 5.29. The van der Waals surface area contributed by atoms with Crippen LogP contribution in [-0.2, 0) is 0 Å². The number of nitrogens with zero attached hydrogens (tertiary/aromatic N) is 1. The first-order chi connectivity index (χ1) is 5.16. The van der Waals surface area contributed by atoms with Crippen LogP contribution in [0.4, 0.5) is 0 Å². The molecule has 0 saturated carbocycles. The summed E-state index contributed by atoms with van der Waals surface area (Å²) in [6, 6.07) is 0. The van der Waals surface area contributed by atoms with Gasteiger partial charge in [0.1, 0.15) is 0 Å². The normalized spacial score (nSPS) is 12.3. The third kappa shape index (κ3) is 7.33. The first-order valence-electron chi connectivity index (χ1n) is 4.18. The number of hydrogen-bond donors (Lipinski definition) is 2. The summed E-state index contributed by atoms with van der Waals surface area (Å²) in [5, 5.41) is 1.92. The van der Waals surface area contributed by atoms with E-state index in [0.29, 0.717) is 0 Å². The average Bonchev–Trinajstić information content (AvgIpc) is 1.86. The molecule has 0 aromatic carbocycles. The topological polar surface area (TPSA) is 29.2 Å². The van der Waals surface area contributed by atoms with E-state index in [1.54, 1.807) is 0 Å². The van der Waals surface area contributed by atoms with Crippen LogP contribution in [-0.4, -0.2) is 31.5 Å². The van der Waals surface area contributed by atoms with Gasteiger partial charge in [-0.15, -0.1) is 0 Å². The van der Waals surface area contributed by atoms with Crippen LogP contribution in [0.2, 0.25) is 0 Å². The highest BCUT2D eigenvalue weighted by Gasteiger charge is 1.97. The van der Waals surface area contributed by atoms with Gasteiger partial charge in [0, 0.05) is 21.0 Å². The van der Waals surface area contributed by atoms with E-state index in [4.69, 9.17) is 0 Å². The maximum atomic E-state index is 3.28. The Morgan fingerprint density at radius 3 is 2.55 bits per heavy atom. The van der Waals surface area contributed by atoms with E-state index in [1.165, 1.54) is 12.8 Å². The molecule has 0 radical (unpaired) electrons. The van der Waals surface area contributed by atoms with Crippen molar-refractivity contribution in [2.75, 3.05) is 20.6 Å². The maximum Gasteiger partial charge on any atom is 0.257 e. The van der Waals surface area contributed by atoms with E-state index in [9.17, 15) is 0 Å². The van der Waals surface area contributed by atoms with Crippen molar-refractivity contribution >= 4 is 5.84 Å². The monoisotopic (exact) mass is 158 g/mol. The molecule has 0 heterocycles. The molecule has 2 N–H and O–H groups in total. The fraction of sp³-hybridized carbons (Fsp3) is 0.875.